The Morgan fingerprint density at radius 3 is 2.57 bits per heavy atom. The second-order valence-electron chi connectivity index (χ2n) is 9.04. The summed E-state index contributed by atoms with van der Waals surface area (Å²) in [6, 6.07) is 21.5. The largest absolute Gasteiger partial charge is 0.494 e. The van der Waals surface area contributed by atoms with Crippen LogP contribution < -0.4 is 15.0 Å². The van der Waals surface area contributed by atoms with E-state index in [0.717, 1.165) is 48.4 Å². The highest BCUT2D eigenvalue weighted by molar-refractivity contribution is 8.00. The Balaban J connectivity index is 1.25. The number of carbonyl (C=O) groups is 2. The first kappa shape index (κ1) is 23.5. The van der Waals surface area contributed by atoms with E-state index >= 15 is 0 Å². The third-order valence-corrected chi connectivity index (χ3v) is 7.78. The molecule has 1 aliphatic carbocycles. The highest BCUT2D eigenvalue weighted by Crippen LogP contribution is 2.43. The van der Waals surface area contributed by atoms with Crippen LogP contribution in [0.25, 0.3) is 0 Å². The summed E-state index contributed by atoms with van der Waals surface area (Å²) in [5, 5.41) is 2.90. The number of hydrogen-bond donors (Lipinski definition) is 1. The number of thioether (sulfide) groups is 1. The number of carbonyl (C=O) groups excluding carboxylic acids is 2. The maximum absolute atomic E-state index is 12.8. The van der Waals surface area contributed by atoms with Gasteiger partial charge in [0.25, 0.3) is 5.91 Å². The second kappa shape index (κ2) is 10.6. The van der Waals surface area contributed by atoms with Gasteiger partial charge in [0.15, 0.2) is 0 Å². The molecule has 5 nitrogen and oxygen atoms in total. The maximum atomic E-state index is 12.8. The summed E-state index contributed by atoms with van der Waals surface area (Å²) in [7, 11) is 0. The van der Waals surface area contributed by atoms with Crippen LogP contribution in [0.15, 0.2) is 66.7 Å². The Bertz CT molecular complexity index is 1210. The molecule has 1 saturated heterocycles. The van der Waals surface area contributed by atoms with Crippen LogP contribution in [0.5, 0.6) is 5.75 Å². The van der Waals surface area contributed by atoms with Gasteiger partial charge in [-0.2, -0.15) is 0 Å². The number of rotatable bonds is 8. The Morgan fingerprint density at radius 1 is 1.03 bits per heavy atom. The summed E-state index contributed by atoms with van der Waals surface area (Å²) in [5.74, 6) is 1.22. The lowest BCUT2D eigenvalue weighted by atomic mass is 10.1. The van der Waals surface area contributed by atoms with Crippen LogP contribution in [0.4, 0.5) is 11.4 Å². The fourth-order valence-electron chi connectivity index (χ4n) is 4.63. The average Bonchev–Trinajstić information content (AvgIpc) is 3.51. The molecule has 1 aliphatic heterocycles. The monoisotopic (exact) mass is 486 g/mol. The Morgan fingerprint density at radius 2 is 1.80 bits per heavy atom. The first-order valence-electron chi connectivity index (χ1n) is 12.3. The molecule has 3 aromatic carbocycles. The minimum atomic E-state index is -0.164. The number of nitrogens with zero attached hydrogens (tertiary/aromatic N) is 1. The molecule has 2 aliphatic rings. The van der Waals surface area contributed by atoms with Crippen molar-refractivity contribution in [1.29, 1.82) is 0 Å². The predicted molar refractivity (Wildman–Crippen MR) is 142 cm³/mol. The molecule has 1 fully saturated rings. The van der Waals surface area contributed by atoms with Crippen molar-refractivity contribution in [3.05, 3.63) is 89.0 Å². The van der Waals surface area contributed by atoms with Crippen LogP contribution in [0.3, 0.4) is 0 Å². The highest BCUT2D eigenvalue weighted by Gasteiger charge is 2.34. The first-order valence-corrected chi connectivity index (χ1v) is 13.4. The minimum Gasteiger partial charge on any atom is -0.494 e. The number of ether oxygens (including phenoxy) is 1. The van der Waals surface area contributed by atoms with Crippen molar-refractivity contribution in [3.63, 3.8) is 0 Å². The molecule has 0 bridgehead atoms. The van der Waals surface area contributed by atoms with Crippen LogP contribution in [0, 0.1) is 0 Å². The molecule has 5 rings (SSSR count). The normalized spacial score (nSPS) is 16.9. The van der Waals surface area contributed by atoms with Gasteiger partial charge in [-0.1, -0.05) is 31.5 Å². The molecular weight excluding hydrogens is 456 g/mol. The van der Waals surface area contributed by atoms with Gasteiger partial charge in [0.2, 0.25) is 5.91 Å². The molecule has 180 valence electrons. The number of aryl methyl sites for hydroxylation is 2. The summed E-state index contributed by atoms with van der Waals surface area (Å²) >= 11 is 1.64. The molecule has 0 aromatic heterocycles. The van der Waals surface area contributed by atoms with Crippen LogP contribution in [0.1, 0.15) is 58.6 Å². The molecular formula is C29H30N2O3S. The van der Waals surface area contributed by atoms with Crippen LogP contribution in [0.2, 0.25) is 0 Å². The Labute approximate surface area is 210 Å². The molecule has 0 radical (unpaired) electrons. The van der Waals surface area contributed by atoms with Gasteiger partial charge in [0.1, 0.15) is 11.1 Å². The second-order valence-corrected chi connectivity index (χ2v) is 10.1. The third kappa shape index (κ3) is 5.22. The van der Waals surface area contributed by atoms with Gasteiger partial charge >= 0.3 is 0 Å². The van der Waals surface area contributed by atoms with Gasteiger partial charge in [-0.05, 0) is 90.9 Å². The zero-order valence-corrected chi connectivity index (χ0v) is 20.8. The highest BCUT2D eigenvalue weighted by atomic mass is 32.2. The number of amides is 2. The topological polar surface area (TPSA) is 58.6 Å². The van der Waals surface area contributed by atoms with Crippen molar-refractivity contribution >= 4 is 35.0 Å². The zero-order chi connectivity index (χ0) is 24.2. The maximum Gasteiger partial charge on any atom is 0.255 e. The van der Waals surface area contributed by atoms with Crippen LogP contribution in [-0.2, 0) is 17.6 Å². The van der Waals surface area contributed by atoms with Gasteiger partial charge in [-0.25, -0.2) is 0 Å². The van der Waals surface area contributed by atoms with E-state index in [9.17, 15) is 9.59 Å². The number of fused-ring (bicyclic) bond motifs is 1. The third-order valence-electron chi connectivity index (χ3n) is 6.56. The van der Waals surface area contributed by atoms with Crippen molar-refractivity contribution < 1.29 is 14.3 Å². The van der Waals surface area contributed by atoms with E-state index in [1.165, 1.54) is 17.5 Å². The molecule has 0 spiro atoms. The van der Waals surface area contributed by atoms with Crippen molar-refractivity contribution in [2.45, 2.75) is 44.4 Å². The number of anilines is 2. The molecule has 6 heteroatoms. The van der Waals surface area contributed by atoms with Gasteiger partial charge in [-0.15, -0.1) is 11.8 Å². The fourth-order valence-corrected chi connectivity index (χ4v) is 5.81. The molecule has 1 N–H and O–H groups in total. The average molecular weight is 487 g/mol. The summed E-state index contributed by atoms with van der Waals surface area (Å²) in [5.41, 5.74) is 6.10. The van der Waals surface area contributed by atoms with Gasteiger partial charge in [0.05, 0.1) is 12.4 Å². The fraction of sp³-hybridized carbons (Fsp3) is 0.310. The predicted octanol–water partition coefficient (Wildman–Crippen LogP) is 6.39. The van der Waals surface area contributed by atoms with Crippen molar-refractivity contribution in [2.24, 2.45) is 0 Å². The summed E-state index contributed by atoms with van der Waals surface area (Å²) in [4.78, 5) is 27.4. The number of unbranched alkanes of at least 4 members (excludes halogenated alkanes) is 1. The Hall–Kier alpha value is -3.25. The van der Waals surface area contributed by atoms with E-state index in [1.807, 2.05) is 41.3 Å². The molecule has 2 amide bonds. The Kier molecular flexibility index (Phi) is 7.09. The number of nitrogens with one attached hydrogen (secondary N) is 1. The molecule has 1 heterocycles. The number of benzene rings is 3. The van der Waals surface area contributed by atoms with E-state index in [2.05, 4.69) is 30.4 Å². The van der Waals surface area contributed by atoms with E-state index in [4.69, 9.17) is 4.74 Å². The van der Waals surface area contributed by atoms with E-state index < -0.39 is 0 Å². The van der Waals surface area contributed by atoms with Gasteiger partial charge in [-0.3, -0.25) is 14.5 Å². The first-order chi connectivity index (χ1) is 17.1. The van der Waals surface area contributed by atoms with Gasteiger partial charge in [0, 0.05) is 16.9 Å². The van der Waals surface area contributed by atoms with E-state index in [1.54, 1.807) is 23.9 Å². The van der Waals surface area contributed by atoms with Crippen molar-refractivity contribution in [1.82, 2.24) is 0 Å². The lowest BCUT2D eigenvalue weighted by molar-refractivity contribution is -0.115. The zero-order valence-electron chi connectivity index (χ0n) is 20.0. The number of hydrogen-bond acceptors (Lipinski definition) is 4. The van der Waals surface area contributed by atoms with Crippen LogP contribution >= 0.6 is 11.8 Å². The molecule has 1 atom stereocenters. The quantitative estimate of drug-likeness (QED) is 0.375. The summed E-state index contributed by atoms with van der Waals surface area (Å²) < 4.78 is 5.67. The van der Waals surface area contributed by atoms with E-state index in [0.29, 0.717) is 17.9 Å². The van der Waals surface area contributed by atoms with Crippen molar-refractivity contribution in [3.8, 4) is 5.75 Å². The molecule has 35 heavy (non-hydrogen) atoms. The SMILES string of the molecule is CCCCOc1ccc(C(=O)Nc2ccc(C3SCC(=O)N3c3ccc4c(c3)CCC4)cc2)cc1. The summed E-state index contributed by atoms with van der Waals surface area (Å²) in [6.45, 7) is 2.81. The van der Waals surface area contributed by atoms with E-state index in [-0.39, 0.29) is 17.2 Å². The smallest absolute Gasteiger partial charge is 0.255 e. The summed E-state index contributed by atoms with van der Waals surface area (Å²) in [6.07, 6.45) is 5.50. The van der Waals surface area contributed by atoms with Crippen molar-refractivity contribution in [2.75, 3.05) is 22.6 Å². The lowest BCUT2D eigenvalue weighted by Crippen LogP contribution is -2.27. The van der Waals surface area contributed by atoms with Crippen LogP contribution in [-0.4, -0.2) is 24.2 Å². The standard InChI is InChI=1S/C29H30N2O3S/c1-2-3-17-34-26-15-10-21(11-16-26)28(33)30-24-12-7-22(8-13-24)29-31(27(32)19-35-29)25-14-9-20-5-4-6-23(20)18-25/h7-16,18,29H,2-6,17,19H2,1H3,(H,30,33). The minimum absolute atomic E-state index is 0.0630. The van der Waals surface area contributed by atoms with Gasteiger partial charge < -0.3 is 10.1 Å². The lowest BCUT2D eigenvalue weighted by Gasteiger charge is -2.25. The molecule has 1 unspecified atom stereocenters. The molecule has 3 aromatic rings. The molecule has 0 saturated carbocycles.